The van der Waals surface area contributed by atoms with Gasteiger partial charge in [-0.05, 0) is 60.6 Å². The quantitative estimate of drug-likeness (QED) is 0.585. The lowest BCUT2D eigenvalue weighted by molar-refractivity contribution is -0.123. The molecule has 0 radical (unpaired) electrons. The van der Waals surface area contributed by atoms with Crippen LogP contribution in [-0.4, -0.2) is 27.4 Å². The first kappa shape index (κ1) is 21.2. The summed E-state index contributed by atoms with van der Waals surface area (Å²) in [6, 6.07) is 10.3. The fourth-order valence-electron chi connectivity index (χ4n) is 4.00. The van der Waals surface area contributed by atoms with Crippen molar-refractivity contribution in [3.05, 3.63) is 65.1 Å². The Labute approximate surface area is 185 Å². The molecule has 1 N–H and O–H groups in total. The highest BCUT2D eigenvalue weighted by molar-refractivity contribution is 7.03. The van der Waals surface area contributed by atoms with Crippen molar-refractivity contribution in [1.29, 1.82) is 0 Å². The van der Waals surface area contributed by atoms with Gasteiger partial charge >= 0.3 is 0 Å². The molecule has 1 aliphatic rings. The highest BCUT2D eigenvalue weighted by Gasteiger charge is 2.37. The maximum atomic E-state index is 13.5. The fraction of sp³-hybridized carbons (Fsp3) is 0.391. The monoisotopic (exact) mass is 438 g/mol. The molecule has 1 atom stereocenters. The zero-order chi connectivity index (χ0) is 21.6. The molecule has 7 nitrogen and oxygen atoms in total. The number of carbonyl (C=O) groups is 2. The van der Waals surface area contributed by atoms with Gasteiger partial charge in [0.05, 0.1) is 6.26 Å². The van der Waals surface area contributed by atoms with Gasteiger partial charge in [-0.15, -0.1) is 5.10 Å². The molecule has 2 heterocycles. The summed E-state index contributed by atoms with van der Waals surface area (Å²) in [7, 11) is 0. The van der Waals surface area contributed by atoms with Gasteiger partial charge in [-0.2, -0.15) is 0 Å². The Morgan fingerprint density at radius 3 is 2.58 bits per heavy atom. The summed E-state index contributed by atoms with van der Waals surface area (Å²) in [6.45, 7) is 2.07. The van der Waals surface area contributed by atoms with E-state index in [9.17, 15) is 9.59 Å². The second kappa shape index (κ2) is 9.87. The summed E-state index contributed by atoms with van der Waals surface area (Å²) in [6.07, 6.45) is 7.69. The molecule has 4 rings (SSSR count). The maximum Gasteiger partial charge on any atom is 0.280 e. The minimum absolute atomic E-state index is 0.110. The molecule has 1 fully saturated rings. The Bertz CT molecular complexity index is 981. The van der Waals surface area contributed by atoms with E-state index in [-0.39, 0.29) is 17.6 Å². The molecule has 1 saturated carbocycles. The van der Waals surface area contributed by atoms with Gasteiger partial charge in [-0.1, -0.05) is 42.8 Å². The van der Waals surface area contributed by atoms with Gasteiger partial charge in [-0.3, -0.25) is 14.5 Å². The van der Waals surface area contributed by atoms with E-state index in [4.69, 9.17) is 4.42 Å². The van der Waals surface area contributed by atoms with Crippen LogP contribution in [0.4, 0.5) is 5.69 Å². The standard InChI is InChI=1S/C23H26N4O3S/c1-2-16-10-12-18(13-11-16)27(23(29)19-15-31-26-25-19)21(20-9-6-14-30-20)22(28)24-17-7-4-3-5-8-17/h6,9-15,17,21H,2-5,7-8H2,1H3,(H,24,28)/t21-/m1/s1. The number of carbonyl (C=O) groups excluding carboxylic acids is 2. The molecule has 8 heteroatoms. The number of amides is 2. The second-order valence-corrected chi connectivity index (χ2v) is 8.36. The van der Waals surface area contributed by atoms with Crippen LogP contribution in [0.2, 0.25) is 0 Å². The number of anilines is 1. The topological polar surface area (TPSA) is 88.3 Å². The van der Waals surface area contributed by atoms with E-state index < -0.39 is 11.9 Å². The van der Waals surface area contributed by atoms with E-state index in [0.29, 0.717) is 11.4 Å². The second-order valence-electron chi connectivity index (χ2n) is 7.75. The minimum Gasteiger partial charge on any atom is -0.467 e. The number of furan rings is 1. The van der Waals surface area contributed by atoms with E-state index in [1.807, 2.05) is 24.3 Å². The molecular formula is C23H26N4O3S. The molecule has 1 aliphatic carbocycles. The van der Waals surface area contributed by atoms with Crippen LogP contribution in [0, 0.1) is 0 Å². The Kier molecular flexibility index (Phi) is 6.76. The number of hydrogen-bond donors (Lipinski definition) is 1. The Morgan fingerprint density at radius 2 is 1.97 bits per heavy atom. The third-order valence-corrected chi connectivity index (χ3v) is 6.20. The molecule has 0 aliphatic heterocycles. The molecule has 0 unspecified atom stereocenters. The third-order valence-electron chi connectivity index (χ3n) is 5.69. The van der Waals surface area contributed by atoms with Crippen LogP contribution in [-0.2, 0) is 11.2 Å². The first-order valence-electron chi connectivity index (χ1n) is 10.7. The van der Waals surface area contributed by atoms with Gasteiger partial charge in [0.15, 0.2) is 11.7 Å². The highest BCUT2D eigenvalue weighted by atomic mass is 32.1. The lowest BCUT2D eigenvalue weighted by atomic mass is 9.95. The van der Waals surface area contributed by atoms with Crippen LogP contribution < -0.4 is 10.2 Å². The summed E-state index contributed by atoms with van der Waals surface area (Å²) < 4.78 is 9.46. The first-order chi connectivity index (χ1) is 15.2. The number of hydrogen-bond acceptors (Lipinski definition) is 6. The average Bonchev–Trinajstić information content (AvgIpc) is 3.52. The molecule has 0 spiro atoms. The molecule has 0 bridgehead atoms. The lowest BCUT2D eigenvalue weighted by Gasteiger charge is -2.31. The Morgan fingerprint density at radius 1 is 1.19 bits per heavy atom. The summed E-state index contributed by atoms with van der Waals surface area (Å²) in [5.41, 5.74) is 1.95. The molecule has 3 aromatic rings. The molecule has 1 aromatic carbocycles. The largest absolute Gasteiger partial charge is 0.467 e. The van der Waals surface area contributed by atoms with Crippen LogP contribution in [0.25, 0.3) is 0 Å². The van der Waals surface area contributed by atoms with Gasteiger partial charge in [0.25, 0.3) is 11.8 Å². The molecule has 162 valence electrons. The number of aryl methyl sites for hydroxylation is 1. The van der Waals surface area contributed by atoms with Gasteiger partial charge in [0.2, 0.25) is 0 Å². The van der Waals surface area contributed by atoms with Crippen LogP contribution in [0.5, 0.6) is 0 Å². The zero-order valence-corrected chi connectivity index (χ0v) is 18.3. The predicted molar refractivity (Wildman–Crippen MR) is 119 cm³/mol. The Hall–Kier alpha value is -3.00. The van der Waals surface area contributed by atoms with Gasteiger partial charge in [-0.25, -0.2) is 0 Å². The van der Waals surface area contributed by atoms with Crippen LogP contribution in [0.15, 0.2) is 52.5 Å². The first-order valence-corrected chi connectivity index (χ1v) is 11.5. The summed E-state index contributed by atoms with van der Waals surface area (Å²) in [5.74, 6) is -0.236. The van der Waals surface area contributed by atoms with Crippen molar-refractivity contribution in [2.75, 3.05) is 4.90 Å². The maximum absolute atomic E-state index is 13.5. The Balaban J connectivity index is 1.73. The predicted octanol–water partition coefficient (Wildman–Crippen LogP) is 4.53. The van der Waals surface area contributed by atoms with Gasteiger partial charge in [0.1, 0.15) is 5.76 Å². The smallest absolute Gasteiger partial charge is 0.280 e. The fourth-order valence-corrected chi connectivity index (χ4v) is 4.43. The highest BCUT2D eigenvalue weighted by Crippen LogP contribution is 2.31. The SMILES string of the molecule is CCc1ccc(N(C(=O)c2csnn2)[C@@H](C(=O)NC2CCCCC2)c2ccco2)cc1. The summed E-state index contributed by atoms with van der Waals surface area (Å²) in [5, 5.41) is 8.70. The van der Waals surface area contributed by atoms with Crippen molar-refractivity contribution in [3.8, 4) is 0 Å². The number of nitrogens with zero attached hydrogens (tertiary/aromatic N) is 3. The minimum atomic E-state index is -0.946. The number of benzene rings is 1. The van der Waals surface area contributed by atoms with E-state index in [2.05, 4.69) is 21.8 Å². The van der Waals surface area contributed by atoms with E-state index >= 15 is 0 Å². The van der Waals surface area contributed by atoms with Crippen molar-refractivity contribution in [3.63, 3.8) is 0 Å². The summed E-state index contributed by atoms with van der Waals surface area (Å²) >= 11 is 1.10. The zero-order valence-electron chi connectivity index (χ0n) is 17.5. The van der Waals surface area contributed by atoms with Gasteiger partial charge < -0.3 is 9.73 Å². The number of rotatable bonds is 7. The van der Waals surface area contributed by atoms with Crippen LogP contribution in [0.3, 0.4) is 0 Å². The normalized spacial score (nSPS) is 15.4. The summed E-state index contributed by atoms with van der Waals surface area (Å²) in [4.78, 5) is 28.5. The van der Waals surface area contributed by atoms with Crippen LogP contribution >= 0.6 is 11.5 Å². The van der Waals surface area contributed by atoms with Crippen molar-refractivity contribution < 1.29 is 14.0 Å². The molecular weight excluding hydrogens is 412 g/mol. The van der Waals surface area contributed by atoms with E-state index in [1.165, 1.54) is 17.6 Å². The lowest BCUT2D eigenvalue weighted by Crippen LogP contribution is -2.47. The molecule has 2 aromatic heterocycles. The van der Waals surface area contributed by atoms with Crippen molar-refractivity contribution in [1.82, 2.24) is 14.9 Å². The number of nitrogens with one attached hydrogen (secondary N) is 1. The van der Waals surface area contributed by atoms with Crippen molar-refractivity contribution in [2.24, 2.45) is 0 Å². The van der Waals surface area contributed by atoms with Crippen LogP contribution in [0.1, 0.15) is 66.9 Å². The third kappa shape index (κ3) is 4.85. The van der Waals surface area contributed by atoms with Gasteiger partial charge in [0, 0.05) is 17.1 Å². The molecule has 0 saturated heterocycles. The van der Waals surface area contributed by atoms with Crippen molar-refractivity contribution in [2.45, 2.75) is 57.5 Å². The molecule has 2 amide bonds. The molecule has 31 heavy (non-hydrogen) atoms. The number of aromatic nitrogens is 2. The van der Waals surface area contributed by atoms with E-state index in [1.54, 1.807) is 17.5 Å². The average molecular weight is 439 g/mol. The van der Waals surface area contributed by atoms with Crippen molar-refractivity contribution >= 4 is 29.0 Å². The van der Waals surface area contributed by atoms with E-state index in [0.717, 1.165) is 49.2 Å².